The number of hydrogen-bond donors (Lipinski definition) is 0. The van der Waals surface area contributed by atoms with Crippen molar-refractivity contribution in [1.29, 1.82) is 0 Å². The second-order valence-electron chi connectivity index (χ2n) is 5.49. The molecule has 1 fully saturated rings. The quantitative estimate of drug-likeness (QED) is 0.516. The van der Waals surface area contributed by atoms with Crippen molar-refractivity contribution in [2.75, 3.05) is 0 Å². The zero-order chi connectivity index (χ0) is 11.5. The standard InChI is InChI=1S/C13H22O2/c1-5-12(14)15-11-8-6-7-10(9-11)13(2,3)4/h5,10-11H,1,6-9H2,2-4H3. The van der Waals surface area contributed by atoms with Gasteiger partial charge in [-0.05, 0) is 37.0 Å². The molecule has 0 spiro atoms. The summed E-state index contributed by atoms with van der Waals surface area (Å²) in [5.74, 6) is 0.378. The SMILES string of the molecule is C=CC(=O)OC1CCCC(C(C)(C)C)C1. The molecule has 0 bridgehead atoms. The molecule has 0 amide bonds. The Hall–Kier alpha value is -0.790. The Morgan fingerprint density at radius 3 is 2.60 bits per heavy atom. The van der Waals surface area contributed by atoms with E-state index in [0.29, 0.717) is 11.3 Å². The lowest BCUT2D eigenvalue weighted by Crippen LogP contribution is -2.31. The van der Waals surface area contributed by atoms with Crippen LogP contribution in [0.3, 0.4) is 0 Å². The van der Waals surface area contributed by atoms with Gasteiger partial charge in [0, 0.05) is 6.08 Å². The van der Waals surface area contributed by atoms with E-state index < -0.39 is 0 Å². The Bertz CT molecular complexity index is 237. The maximum Gasteiger partial charge on any atom is 0.330 e. The molecule has 2 heteroatoms. The van der Waals surface area contributed by atoms with E-state index in [9.17, 15) is 4.79 Å². The lowest BCUT2D eigenvalue weighted by Gasteiger charge is -2.37. The summed E-state index contributed by atoms with van der Waals surface area (Å²) in [7, 11) is 0. The minimum atomic E-state index is -0.283. The fourth-order valence-corrected chi connectivity index (χ4v) is 2.25. The van der Waals surface area contributed by atoms with Gasteiger partial charge in [0.05, 0.1) is 0 Å². The summed E-state index contributed by atoms with van der Waals surface area (Å²) in [5.41, 5.74) is 0.319. The van der Waals surface area contributed by atoms with Gasteiger partial charge in [0.25, 0.3) is 0 Å². The molecule has 0 saturated heterocycles. The van der Waals surface area contributed by atoms with E-state index in [2.05, 4.69) is 27.4 Å². The van der Waals surface area contributed by atoms with Gasteiger partial charge < -0.3 is 4.74 Å². The second-order valence-corrected chi connectivity index (χ2v) is 5.49. The molecule has 1 aliphatic rings. The van der Waals surface area contributed by atoms with E-state index in [1.165, 1.54) is 12.5 Å². The molecule has 2 atom stereocenters. The lowest BCUT2D eigenvalue weighted by atomic mass is 9.71. The van der Waals surface area contributed by atoms with Crippen LogP contribution in [-0.4, -0.2) is 12.1 Å². The third-order valence-corrected chi connectivity index (χ3v) is 3.30. The van der Waals surface area contributed by atoms with Crippen LogP contribution in [0.5, 0.6) is 0 Å². The summed E-state index contributed by atoms with van der Waals surface area (Å²) in [6.07, 6.45) is 5.78. The zero-order valence-corrected chi connectivity index (χ0v) is 10.1. The molecule has 0 aliphatic heterocycles. The molecule has 0 aromatic rings. The van der Waals surface area contributed by atoms with Crippen molar-refractivity contribution >= 4 is 5.97 Å². The summed E-state index contributed by atoms with van der Waals surface area (Å²) in [6.45, 7) is 10.2. The molecule has 0 heterocycles. The third-order valence-electron chi connectivity index (χ3n) is 3.30. The molecule has 0 N–H and O–H groups in total. The van der Waals surface area contributed by atoms with Crippen molar-refractivity contribution in [2.45, 2.75) is 52.6 Å². The maximum atomic E-state index is 11.1. The van der Waals surface area contributed by atoms with Crippen molar-refractivity contribution in [3.8, 4) is 0 Å². The number of rotatable bonds is 2. The number of carbonyl (C=O) groups excluding carboxylic acids is 1. The Kier molecular flexibility index (Phi) is 3.95. The fourth-order valence-electron chi connectivity index (χ4n) is 2.25. The molecule has 0 aromatic carbocycles. The van der Waals surface area contributed by atoms with E-state index in [0.717, 1.165) is 19.3 Å². The van der Waals surface area contributed by atoms with E-state index in [4.69, 9.17) is 4.74 Å². The topological polar surface area (TPSA) is 26.3 Å². The molecule has 0 aromatic heterocycles. The average Bonchev–Trinajstić information content (AvgIpc) is 2.17. The van der Waals surface area contributed by atoms with Gasteiger partial charge in [-0.15, -0.1) is 0 Å². The predicted octanol–water partition coefficient (Wildman–Crippen LogP) is 3.32. The Labute approximate surface area is 92.7 Å². The van der Waals surface area contributed by atoms with Gasteiger partial charge in [-0.2, -0.15) is 0 Å². The molecule has 1 saturated carbocycles. The Morgan fingerprint density at radius 2 is 2.07 bits per heavy atom. The molecule has 2 nitrogen and oxygen atoms in total. The van der Waals surface area contributed by atoms with Crippen molar-refractivity contribution in [3.05, 3.63) is 12.7 Å². The minimum Gasteiger partial charge on any atom is -0.459 e. The van der Waals surface area contributed by atoms with Crippen molar-refractivity contribution in [2.24, 2.45) is 11.3 Å². The monoisotopic (exact) mass is 210 g/mol. The minimum absolute atomic E-state index is 0.105. The van der Waals surface area contributed by atoms with Crippen LogP contribution in [0, 0.1) is 11.3 Å². The first-order chi connectivity index (χ1) is 6.93. The molecular weight excluding hydrogens is 188 g/mol. The predicted molar refractivity (Wildman–Crippen MR) is 61.5 cm³/mol. The van der Waals surface area contributed by atoms with Crippen molar-refractivity contribution < 1.29 is 9.53 Å². The smallest absolute Gasteiger partial charge is 0.330 e. The van der Waals surface area contributed by atoms with Crippen LogP contribution in [0.25, 0.3) is 0 Å². The summed E-state index contributed by atoms with van der Waals surface area (Å²) < 4.78 is 5.31. The number of carbonyl (C=O) groups is 1. The molecule has 15 heavy (non-hydrogen) atoms. The molecule has 0 radical (unpaired) electrons. The molecule has 1 rings (SSSR count). The van der Waals surface area contributed by atoms with Gasteiger partial charge in [0.1, 0.15) is 6.10 Å². The largest absolute Gasteiger partial charge is 0.459 e. The van der Waals surface area contributed by atoms with Crippen molar-refractivity contribution in [3.63, 3.8) is 0 Å². The fraction of sp³-hybridized carbons (Fsp3) is 0.769. The van der Waals surface area contributed by atoms with E-state index in [1.807, 2.05) is 0 Å². The van der Waals surface area contributed by atoms with E-state index in [-0.39, 0.29) is 12.1 Å². The van der Waals surface area contributed by atoms with Gasteiger partial charge in [0.2, 0.25) is 0 Å². The van der Waals surface area contributed by atoms with Gasteiger partial charge in [-0.1, -0.05) is 27.4 Å². The summed E-state index contributed by atoms with van der Waals surface area (Å²) in [5, 5.41) is 0. The van der Waals surface area contributed by atoms with Crippen LogP contribution in [0.15, 0.2) is 12.7 Å². The van der Waals surface area contributed by atoms with Crippen LogP contribution in [0.2, 0.25) is 0 Å². The first-order valence-corrected chi connectivity index (χ1v) is 5.76. The third kappa shape index (κ3) is 3.69. The van der Waals surface area contributed by atoms with Crippen LogP contribution in [-0.2, 0) is 9.53 Å². The van der Waals surface area contributed by atoms with Gasteiger partial charge >= 0.3 is 5.97 Å². The summed E-state index contributed by atoms with van der Waals surface area (Å²) in [6, 6.07) is 0. The number of esters is 1. The normalized spacial score (nSPS) is 27.1. The Morgan fingerprint density at radius 1 is 1.40 bits per heavy atom. The average molecular weight is 210 g/mol. The van der Waals surface area contributed by atoms with Crippen LogP contribution >= 0.6 is 0 Å². The number of ether oxygens (including phenoxy) is 1. The van der Waals surface area contributed by atoms with Gasteiger partial charge in [-0.3, -0.25) is 0 Å². The summed E-state index contributed by atoms with van der Waals surface area (Å²) >= 11 is 0. The van der Waals surface area contributed by atoms with Crippen molar-refractivity contribution in [1.82, 2.24) is 0 Å². The number of hydrogen-bond acceptors (Lipinski definition) is 2. The highest BCUT2D eigenvalue weighted by Crippen LogP contribution is 2.38. The van der Waals surface area contributed by atoms with Crippen LogP contribution in [0.4, 0.5) is 0 Å². The van der Waals surface area contributed by atoms with Gasteiger partial charge in [-0.25, -0.2) is 4.79 Å². The van der Waals surface area contributed by atoms with Crippen LogP contribution < -0.4 is 0 Å². The highest BCUT2D eigenvalue weighted by molar-refractivity contribution is 5.81. The van der Waals surface area contributed by atoms with Crippen LogP contribution in [0.1, 0.15) is 46.5 Å². The van der Waals surface area contributed by atoms with Gasteiger partial charge in [0.15, 0.2) is 0 Å². The highest BCUT2D eigenvalue weighted by atomic mass is 16.5. The zero-order valence-electron chi connectivity index (χ0n) is 10.1. The first-order valence-electron chi connectivity index (χ1n) is 5.76. The first kappa shape index (κ1) is 12.3. The molecule has 86 valence electrons. The molecule has 1 aliphatic carbocycles. The van der Waals surface area contributed by atoms with E-state index in [1.54, 1.807) is 0 Å². The highest BCUT2D eigenvalue weighted by Gasteiger charge is 2.31. The molecular formula is C13H22O2. The van der Waals surface area contributed by atoms with E-state index >= 15 is 0 Å². The maximum absolute atomic E-state index is 11.1. The Balaban J connectivity index is 2.49. The molecule has 2 unspecified atom stereocenters. The summed E-state index contributed by atoms with van der Waals surface area (Å²) in [4.78, 5) is 11.1. The second kappa shape index (κ2) is 4.82. The lowest BCUT2D eigenvalue weighted by molar-refractivity contribution is -0.145.